The molecule has 2 rings (SSSR count). The third kappa shape index (κ3) is 3.57. The smallest absolute Gasteiger partial charge is 0.221 e. The summed E-state index contributed by atoms with van der Waals surface area (Å²) in [5.41, 5.74) is 3.00. The fourth-order valence-corrected chi connectivity index (χ4v) is 2.00. The van der Waals surface area contributed by atoms with Gasteiger partial charge in [0.25, 0.3) is 0 Å². The van der Waals surface area contributed by atoms with Crippen LogP contribution in [0.5, 0.6) is 0 Å². The molecule has 2 N–H and O–H groups in total. The van der Waals surface area contributed by atoms with Gasteiger partial charge in [0.05, 0.1) is 11.9 Å². The topological polar surface area (TPSA) is 54.0 Å². The third-order valence-electron chi connectivity index (χ3n) is 2.93. The Balaban J connectivity index is 2.16. The zero-order chi connectivity index (χ0) is 14.5. The highest BCUT2D eigenvalue weighted by atomic mass is 16.1. The molecule has 0 aliphatic heterocycles. The highest BCUT2D eigenvalue weighted by Gasteiger charge is 2.06. The van der Waals surface area contributed by atoms with E-state index in [0.717, 1.165) is 11.5 Å². The van der Waals surface area contributed by atoms with E-state index in [9.17, 15) is 4.79 Å². The van der Waals surface area contributed by atoms with E-state index < -0.39 is 0 Å². The molecular formula is C16H19N3O. The molecule has 0 atom stereocenters. The molecule has 0 saturated heterocycles. The number of nitrogens with zero attached hydrogens (tertiary/aromatic N) is 1. The monoisotopic (exact) mass is 269 g/mol. The van der Waals surface area contributed by atoms with Gasteiger partial charge in [0.15, 0.2) is 0 Å². The van der Waals surface area contributed by atoms with Crippen molar-refractivity contribution in [3.63, 3.8) is 0 Å². The van der Waals surface area contributed by atoms with Gasteiger partial charge in [-0.3, -0.25) is 4.79 Å². The molecule has 1 heterocycles. The van der Waals surface area contributed by atoms with Gasteiger partial charge >= 0.3 is 0 Å². The van der Waals surface area contributed by atoms with Gasteiger partial charge < -0.3 is 10.6 Å². The van der Waals surface area contributed by atoms with Gasteiger partial charge in [-0.15, -0.1) is 0 Å². The molecule has 2 aromatic rings. The van der Waals surface area contributed by atoms with Gasteiger partial charge in [-0.05, 0) is 29.7 Å². The van der Waals surface area contributed by atoms with E-state index in [2.05, 4.69) is 35.5 Å². The number of amides is 1. The lowest BCUT2D eigenvalue weighted by Crippen LogP contribution is -2.06. The Morgan fingerprint density at radius 3 is 2.50 bits per heavy atom. The second-order valence-corrected chi connectivity index (χ2v) is 4.98. The average Bonchev–Trinajstić information content (AvgIpc) is 2.41. The number of carbonyl (C=O) groups is 1. The molecule has 0 aliphatic carbocycles. The summed E-state index contributed by atoms with van der Waals surface area (Å²) in [6.07, 6.45) is 1.64. The Bertz CT molecular complexity index is 591. The van der Waals surface area contributed by atoms with E-state index in [1.807, 2.05) is 30.3 Å². The summed E-state index contributed by atoms with van der Waals surface area (Å²) in [6, 6.07) is 11.9. The predicted molar refractivity (Wildman–Crippen MR) is 82.4 cm³/mol. The summed E-state index contributed by atoms with van der Waals surface area (Å²) in [5.74, 6) is 1.10. The SMILES string of the molecule is CC(=O)Nc1ccc(Nc2ccccc2C(C)C)nc1. The minimum atomic E-state index is -0.0994. The molecule has 1 aromatic carbocycles. The van der Waals surface area contributed by atoms with Crippen molar-refractivity contribution in [2.45, 2.75) is 26.7 Å². The molecule has 0 saturated carbocycles. The zero-order valence-electron chi connectivity index (χ0n) is 12.0. The van der Waals surface area contributed by atoms with Crippen LogP contribution in [0.15, 0.2) is 42.6 Å². The Kier molecular flexibility index (Phi) is 4.35. The van der Waals surface area contributed by atoms with E-state index in [1.54, 1.807) is 6.20 Å². The van der Waals surface area contributed by atoms with Gasteiger partial charge in [-0.2, -0.15) is 0 Å². The standard InChI is InChI=1S/C16H19N3O/c1-11(2)14-6-4-5-7-15(14)19-16-9-8-13(10-17-16)18-12(3)20/h4-11H,1-3H3,(H,17,19)(H,18,20). The number of aromatic nitrogens is 1. The van der Waals surface area contributed by atoms with Crippen LogP contribution in [0.1, 0.15) is 32.3 Å². The molecule has 1 aromatic heterocycles. The van der Waals surface area contributed by atoms with Crippen molar-refractivity contribution in [2.24, 2.45) is 0 Å². The number of nitrogens with one attached hydrogen (secondary N) is 2. The maximum atomic E-state index is 11.0. The molecule has 0 spiro atoms. The number of pyridine rings is 1. The second-order valence-electron chi connectivity index (χ2n) is 4.98. The molecule has 104 valence electrons. The predicted octanol–water partition coefficient (Wildman–Crippen LogP) is 3.91. The summed E-state index contributed by atoms with van der Waals surface area (Å²) < 4.78 is 0. The molecule has 0 radical (unpaired) electrons. The lowest BCUT2D eigenvalue weighted by atomic mass is 10.0. The number of carbonyl (C=O) groups excluding carboxylic acids is 1. The average molecular weight is 269 g/mol. The molecule has 20 heavy (non-hydrogen) atoms. The largest absolute Gasteiger partial charge is 0.340 e. The maximum absolute atomic E-state index is 11.0. The van der Waals surface area contributed by atoms with Gasteiger partial charge in [-0.25, -0.2) is 4.98 Å². The summed E-state index contributed by atoms with van der Waals surface area (Å²) in [4.78, 5) is 15.3. The highest BCUT2D eigenvalue weighted by molar-refractivity contribution is 5.88. The van der Waals surface area contributed by atoms with Crippen molar-refractivity contribution in [1.82, 2.24) is 4.98 Å². The summed E-state index contributed by atoms with van der Waals surface area (Å²) >= 11 is 0. The minimum Gasteiger partial charge on any atom is -0.340 e. The molecule has 0 unspecified atom stereocenters. The minimum absolute atomic E-state index is 0.0994. The normalized spacial score (nSPS) is 10.4. The van der Waals surface area contributed by atoms with Crippen LogP contribution >= 0.6 is 0 Å². The first-order valence-electron chi connectivity index (χ1n) is 6.66. The fraction of sp³-hybridized carbons (Fsp3) is 0.250. The van der Waals surface area contributed by atoms with Gasteiger partial charge in [0.1, 0.15) is 5.82 Å². The molecule has 0 fully saturated rings. The molecule has 4 heteroatoms. The van der Waals surface area contributed by atoms with Crippen LogP contribution < -0.4 is 10.6 Å². The first-order chi connectivity index (χ1) is 9.56. The van der Waals surface area contributed by atoms with E-state index in [1.165, 1.54) is 12.5 Å². The van der Waals surface area contributed by atoms with Crippen LogP contribution in [0, 0.1) is 0 Å². The molecule has 1 amide bonds. The van der Waals surface area contributed by atoms with Crippen molar-refractivity contribution >= 4 is 23.1 Å². The summed E-state index contributed by atoms with van der Waals surface area (Å²) in [6.45, 7) is 5.80. The molecular weight excluding hydrogens is 250 g/mol. The highest BCUT2D eigenvalue weighted by Crippen LogP contribution is 2.26. The van der Waals surface area contributed by atoms with Gasteiger partial charge in [0.2, 0.25) is 5.91 Å². The lowest BCUT2D eigenvalue weighted by Gasteiger charge is -2.14. The summed E-state index contributed by atoms with van der Waals surface area (Å²) in [5, 5.41) is 6.01. The van der Waals surface area contributed by atoms with E-state index in [-0.39, 0.29) is 5.91 Å². The fourth-order valence-electron chi connectivity index (χ4n) is 2.00. The first kappa shape index (κ1) is 14.1. The van der Waals surface area contributed by atoms with Crippen molar-refractivity contribution < 1.29 is 4.79 Å². The van der Waals surface area contributed by atoms with Crippen LogP contribution in [-0.4, -0.2) is 10.9 Å². The third-order valence-corrected chi connectivity index (χ3v) is 2.93. The molecule has 4 nitrogen and oxygen atoms in total. The van der Waals surface area contributed by atoms with Crippen molar-refractivity contribution in [3.8, 4) is 0 Å². The van der Waals surface area contributed by atoms with Crippen molar-refractivity contribution in [2.75, 3.05) is 10.6 Å². The number of hydrogen-bond acceptors (Lipinski definition) is 3. The van der Waals surface area contributed by atoms with Crippen molar-refractivity contribution in [3.05, 3.63) is 48.2 Å². The molecule has 0 bridgehead atoms. The van der Waals surface area contributed by atoms with Crippen LogP contribution in [0.25, 0.3) is 0 Å². The number of hydrogen-bond donors (Lipinski definition) is 2. The van der Waals surface area contributed by atoms with E-state index >= 15 is 0 Å². The van der Waals surface area contributed by atoms with Crippen LogP contribution in [0.4, 0.5) is 17.2 Å². The van der Waals surface area contributed by atoms with E-state index in [0.29, 0.717) is 11.6 Å². The first-order valence-corrected chi connectivity index (χ1v) is 6.66. The maximum Gasteiger partial charge on any atom is 0.221 e. The Hall–Kier alpha value is -2.36. The number of rotatable bonds is 4. The molecule has 0 aliphatic rings. The van der Waals surface area contributed by atoms with E-state index in [4.69, 9.17) is 0 Å². The Labute approximate surface area is 119 Å². The van der Waals surface area contributed by atoms with Crippen LogP contribution in [0.2, 0.25) is 0 Å². The van der Waals surface area contributed by atoms with Gasteiger partial charge in [-0.1, -0.05) is 32.0 Å². The number of para-hydroxylation sites is 1. The Morgan fingerprint density at radius 1 is 1.15 bits per heavy atom. The second kappa shape index (κ2) is 6.19. The quantitative estimate of drug-likeness (QED) is 0.884. The summed E-state index contributed by atoms with van der Waals surface area (Å²) in [7, 11) is 0. The number of benzene rings is 1. The van der Waals surface area contributed by atoms with Crippen molar-refractivity contribution in [1.29, 1.82) is 0 Å². The number of anilines is 3. The Morgan fingerprint density at radius 2 is 1.90 bits per heavy atom. The lowest BCUT2D eigenvalue weighted by molar-refractivity contribution is -0.114. The van der Waals surface area contributed by atoms with Crippen LogP contribution in [0.3, 0.4) is 0 Å². The van der Waals surface area contributed by atoms with Gasteiger partial charge in [0, 0.05) is 12.6 Å². The zero-order valence-corrected chi connectivity index (χ0v) is 12.0. The van der Waals surface area contributed by atoms with Crippen LogP contribution in [-0.2, 0) is 4.79 Å².